The second kappa shape index (κ2) is 9.79. The molecule has 2 aliphatic heterocycles. The van der Waals surface area contributed by atoms with Crippen LogP contribution in [0.4, 0.5) is 15.9 Å². The molecule has 3 aromatic rings. The van der Waals surface area contributed by atoms with Gasteiger partial charge in [-0.15, -0.1) is 0 Å². The largest absolute Gasteiger partial charge is 0.493 e. The molecule has 2 N–H and O–H groups in total. The minimum absolute atomic E-state index is 0.335. The van der Waals surface area contributed by atoms with Gasteiger partial charge < -0.3 is 25.0 Å². The molecule has 2 atom stereocenters. The van der Waals surface area contributed by atoms with Crippen molar-refractivity contribution in [1.29, 1.82) is 0 Å². The zero-order chi connectivity index (χ0) is 22.8. The minimum Gasteiger partial charge on any atom is -0.493 e. The Hall–Kier alpha value is -2.49. The Morgan fingerprint density at radius 3 is 2.73 bits per heavy atom. The number of anilines is 2. The summed E-state index contributed by atoms with van der Waals surface area (Å²) in [7, 11) is 1.61. The summed E-state index contributed by atoms with van der Waals surface area (Å²) in [6.45, 7) is 6.26. The van der Waals surface area contributed by atoms with Gasteiger partial charge in [0.05, 0.1) is 24.9 Å². The summed E-state index contributed by atoms with van der Waals surface area (Å²) < 4.78 is 26.7. The third-order valence-electron chi connectivity index (χ3n) is 6.45. The highest BCUT2D eigenvalue weighted by molar-refractivity contribution is 9.10. The number of hydrogen-bond donors (Lipinski definition) is 2. The van der Waals surface area contributed by atoms with Gasteiger partial charge in [-0.3, -0.25) is 0 Å². The van der Waals surface area contributed by atoms with Gasteiger partial charge in [-0.1, -0.05) is 15.9 Å². The molecule has 0 amide bonds. The van der Waals surface area contributed by atoms with E-state index in [-0.39, 0.29) is 5.82 Å². The van der Waals surface area contributed by atoms with Crippen molar-refractivity contribution in [3.05, 3.63) is 46.9 Å². The standard InChI is InChI=1S/C24H27BrFN5O2/c1-32-22-9-21-18(24(29-14-28-21)30-20-4-3-17(25)7-19(20)26)8-23(22)33-6-2-5-31-12-15-10-27-11-16(15)13-31/h3-4,7-9,14-16,27H,2,5-6,10-13H2,1H3,(H,28,29,30). The quantitative estimate of drug-likeness (QED) is 0.435. The van der Waals surface area contributed by atoms with E-state index < -0.39 is 0 Å². The highest BCUT2D eigenvalue weighted by Crippen LogP contribution is 2.35. The number of aromatic nitrogens is 2. The highest BCUT2D eigenvalue weighted by atomic mass is 79.9. The van der Waals surface area contributed by atoms with Crippen LogP contribution in [0.3, 0.4) is 0 Å². The molecule has 2 aromatic carbocycles. The molecule has 2 unspecified atom stereocenters. The van der Waals surface area contributed by atoms with Crippen LogP contribution in [0.15, 0.2) is 41.1 Å². The maximum Gasteiger partial charge on any atom is 0.162 e. The lowest BCUT2D eigenvalue weighted by atomic mass is 10.0. The third-order valence-corrected chi connectivity index (χ3v) is 6.94. The average Bonchev–Trinajstić information content (AvgIpc) is 3.40. The SMILES string of the molecule is COc1cc2ncnc(Nc3ccc(Br)cc3F)c2cc1OCCCN1CC2CNCC2C1. The summed E-state index contributed by atoms with van der Waals surface area (Å²) in [4.78, 5) is 11.2. The Bertz CT molecular complexity index is 1140. The number of nitrogens with zero attached hydrogens (tertiary/aromatic N) is 3. The van der Waals surface area contributed by atoms with Gasteiger partial charge in [0.1, 0.15) is 18.0 Å². The van der Waals surface area contributed by atoms with Crippen molar-refractivity contribution >= 4 is 38.3 Å². The average molecular weight is 516 g/mol. The Morgan fingerprint density at radius 1 is 1.15 bits per heavy atom. The van der Waals surface area contributed by atoms with Crippen LogP contribution in [-0.4, -0.2) is 61.3 Å². The molecule has 5 rings (SSSR count). The molecule has 0 radical (unpaired) electrons. The second-order valence-corrected chi connectivity index (χ2v) is 9.55. The number of hydrogen-bond acceptors (Lipinski definition) is 7. The molecule has 2 saturated heterocycles. The Balaban J connectivity index is 1.29. The van der Waals surface area contributed by atoms with Crippen LogP contribution in [0.25, 0.3) is 10.9 Å². The van der Waals surface area contributed by atoms with Gasteiger partial charge in [-0.2, -0.15) is 0 Å². The number of fused-ring (bicyclic) bond motifs is 2. The zero-order valence-electron chi connectivity index (χ0n) is 18.5. The molecule has 174 valence electrons. The predicted octanol–water partition coefficient (Wildman–Crippen LogP) is 4.20. The number of benzene rings is 2. The van der Waals surface area contributed by atoms with Crippen molar-refractivity contribution in [2.24, 2.45) is 11.8 Å². The maximum atomic E-state index is 14.4. The molecule has 2 aliphatic rings. The normalized spacial score (nSPS) is 20.2. The Labute approximate surface area is 200 Å². The van der Waals surface area contributed by atoms with Crippen molar-refractivity contribution in [3.63, 3.8) is 0 Å². The first-order valence-electron chi connectivity index (χ1n) is 11.2. The number of halogens is 2. The summed E-state index contributed by atoms with van der Waals surface area (Å²) >= 11 is 3.28. The van der Waals surface area contributed by atoms with Gasteiger partial charge in [0.25, 0.3) is 0 Å². The molecule has 33 heavy (non-hydrogen) atoms. The van der Waals surface area contributed by atoms with Crippen molar-refractivity contribution in [1.82, 2.24) is 20.2 Å². The van der Waals surface area contributed by atoms with Crippen LogP contribution >= 0.6 is 15.9 Å². The lowest BCUT2D eigenvalue weighted by molar-refractivity contribution is 0.247. The van der Waals surface area contributed by atoms with Gasteiger partial charge in [-0.25, -0.2) is 14.4 Å². The maximum absolute atomic E-state index is 14.4. The molecule has 7 nitrogen and oxygen atoms in total. The van der Waals surface area contributed by atoms with Crippen LogP contribution < -0.4 is 20.1 Å². The summed E-state index contributed by atoms with van der Waals surface area (Å²) in [6, 6.07) is 8.53. The fourth-order valence-corrected chi connectivity index (χ4v) is 5.09. The van der Waals surface area contributed by atoms with E-state index in [1.54, 1.807) is 19.2 Å². The van der Waals surface area contributed by atoms with Crippen LogP contribution in [0.5, 0.6) is 11.5 Å². The first kappa shape index (κ1) is 22.3. The molecule has 0 spiro atoms. The molecule has 0 bridgehead atoms. The third kappa shape index (κ3) is 4.90. The molecule has 0 saturated carbocycles. The summed E-state index contributed by atoms with van der Waals surface area (Å²) in [6.07, 6.45) is 2.39. The summed E-state index contributed by atoms with van der Waals surface area (Å²) in [5.74, 6) is 2.97. The molecule has 3 heterocycles. The smallest absolute Gasteiger partial charge is 0.162 e. The lowest BCUT2D eigenvalue weighted by Crippen LogP contribution is -2.27. The van der Waals surface area contributed by atoms with E-state index in [4.69, 9.17) is 9.47 Å². The van der Waals surface area contributed by atoms with Gasteiger partial charge in [0.2, 0.25) is 0 Å². The zero-order valence-corrected chi connectivity index (χ0v) is 20.1. The number of rotatable bonds is 8. The monoisotopic (exact) mass is 515 g/mol. The van der Waals surface area contributed by atoms with E-state index in [1.807, 2.05) is 12.1 Å². The van der Waals surface area contributed by atoms with Crippen molar-refractivity contribution in [2.45, 2.75) is 6.42 Å². The van der Waals surface area contributed by atoms with Gasteiger partial charge in [0, 0.05) is 35.6 Å². The number of methoxy groups -OCH3 is 1. The number of ether oxygens (including phenoxy) is 2. The van der Waals surface area contributed by atoms with Crippen molar-refractivity contribution in [3.8, 4) is 11.5 Å². The van der Waals surface area contributed by atoms with E-state index in [0.717, 1.165) is 43.3 Å². The molecule has 2 fully saturated rings. The number of nitrogens with one attached hydrogen (secondary N) is 2. The van der Waals surface area contributed by atoms with E-state index in [0.29, 0.717) is 39.6 Å². The van der Waals surface area contributed by atoms with E-state index in [1.165, 1.54) is 25.5 Å². The van der Waals surface area contributed by atoms with E-state index in [2.05, 4.69) is 41.4 Å². The van der Waals surface area contributed by atoms with Gasteiger partial charge in [0.15, 0.2) is 11.5 Å². The molecular weight excluding hydrogens is 489 g/mol. The lowest BCUT2D eigenvalue weighted by Gasteiger charge is -2.18. The Kier molecular flexibility index (Phi) is 6.62. The van der Waals surface area contributed by atoms with Gasteiger partial charge in [-0.05, 0) is 55.6 Å². The van der Waals surface area contributed by atoms with E-state index in [9.17, 15) is 4.39 Å². The Morgan fingerprint density at radius 2 is 1.97 bits per heavy atom. The molecule has 1 aromatic heterocycles. The molecule has 0 aliphatic carbocycles. The van der Waals surface area contributed by atoms with Crippen molar-refractivity contribution in [2.75, 3.05) is 51.8 Å². The van der Waals surface area contributed by atoms with E-state index >= 15 is 0 Å². The second-order valence-electron chi connectivity index (χ2n) is 8.63. The molecule has 9 heteroatoms. The summed E-state index contributed by atoms with van der Waals surface area (Å²) in [5, 5.41) is 7.29. The van der Waals surface area contributed by atoms with Gasteiger partial charge >= 0.3 is 0 Å². The predicted molar refractivity (Wildman–Crippen MR) is 130 cm³/mol. The van der Waals surface area contributed by atoms with Crippen molar-refractivity contribution < 1.29 is 13.9 Å². The summed E-state index contributed by atoms with van der Waals surface area (Å²) in [5.41, 5.74) is 1.02. The van der Waals surface area contributed by atoms with Crippen LogP contribution in [-0.2, 0) is 0 Å². The topological polar surface area (TPSA) is 71.5 Å². The fourth-order valence-electron chi connectivity index (χ4n) is 4.76. The first-order valence-corrected chi connectivity index (χ1v) is 12.0. The molecular formula is C24H27BrFN5O2. The van der Waals surface area contributed by atoms with Crippen LogP contribution in [0.2, 0.25) is 0 Å². The van der Waals surface area contributed by atoms with Crippen LogP contribution in [0, 0.1) is 17.7 Å². The number of likely N-dealkylation sites (tertiary alicyclic amines) is 1. The highest BCUT2D eigenvalue weighted by Gasteiger charge is 2.35. The fraction of sp³-hybridized carbons (Fsp3) is 0.417. The minimum atomic E-state index is -0.372. The van der Waals surface area contributed by atoms with Crippen LogP contribution in [0.1, 0.15) is 6.42 Å². The first-order chi connectivity index (χ1) is 16.1.